The van der Waals surface area contributed by atoms with Crippen molar-refractivity contribution >= 4 is 17.9 Å². The molecule has 0 saturated carbocycles. The van der Waals surface area contributed by atoms with E-state index in [4.69, 9.17) is 14.2 Å². The van der Waals surface area contributed by atoms with Crippen LogP contribution in [-0.4, -0.2) is 37.2 Å². The summed E-state index contributed by atoms with van der Waals surface area (Å²) in [6, 6.07) is 0. The van der Waals surface area contributed by atoms with Crippen LogP contribution in [0.5, 0.6) is 0 Å². The predicted molar refractivity (Wildman–Crippen MR) is 265 cm³/mol. The summed E-state index contributed by atoms with van der Waals surface area (Å²) >= 11 is 0. The van der Waals surface area contributed by atoms with E-state index in [1.165, 1.54) is 38.5 Å². The molecule has 0 aromatic rings. The van der Waals surface area contributed by atoms with Gasteiger partial charge in [0, 0.05) is 19.3 Å². The number of ether oxygens (including phenoxy) is 3. The van der Waals surface area contributed by atoms with Gasteiger partial charge < -0.3 is 14.2 Å². The molecule has 0 bridgehead atoms. The van der Waals surface area contributed by atoms with Gasteiger partial charge in [0.05, 0.1) is 0 Å². The molecule has 0 heterocycles. The first-order chi connectivity index (χ1) is 30.5. The van der Waals surface area contributed by atoms with Crippen molar-refractivity contribution in [2.24, 2.45) is 0 Å². The van der Waals surface area contributed by atoms with Crippen LogP contribution in [0.4, 0.5) is 0 Å². The lowest BCUT2D eigenvalue weighted by atomic mass is 10.1. The van der Waals surface area contributed by atoms with E-state index in [-0.39, 0.29) is 44.0 Å². The Kier molecular flexibility index (Phi) is 46.6. The van der Waals surface area contributed by atoms with Crippen LogP contribution in [0.15, 0.2) is 109 Å². The number of hydrogen-bond donors (Lipinski definition) is 0. The first-order valence-corrected chi connectivity index (χ1v) is 24.9. The van der Waals surface area contributed by atoms with Gasteiger partial charge in [-0.3, -0.25) is 14.4 Å². The third-order valence-electron chi connectivity index (χ3n) is 9.99. The highest BCUT2D eigenvalue weighted by Crippen LogP contribution is 2.12. The topological polar surface area (TPSA) is 78.9 Å². The fourth-order valence-corrected chi connectivity index (χ4v) is 6.31. The SMILES string of the molecule is CC/C=C\C/C=C\C/C=C\C/C=C\C/C=C\CCCC(=O)OCC(COC(=O)CCCCC/C=C\CCCCCCCC)OC(=O)CCCCCC/C=C\C/C=C\C/C=C\CC. The van der Waals surface area contributed by atoms with Gasteiger partial charge in [0.2, 0.25) is 0 Å². The summed E-state index contributed by atoms with van der Waals surface area (Å²) in [5.41, 5.74) is 0. The molecule has 0 fully saturated rings. The molecule has 0 aromatic carbocycles. The van der Waals surface area contributed by atoms with Crippen LogP contribution in [0.2, 0.25) is 0 Å². The van der Waals surface area contributed by atoms with Gasteiger partial charge >= 0.3 is 17.9 Å². The van der Waals surface area contributed by atoms with Gasteiger partial charge in [-0.15, -0.1) is 0 Å². The van der Waals surface area contributed by atoms with Crippen LogP contribution < -0.4 is 0 Å². The number of allylic oxidation sites excluding steroid dienone is 18. The molecule has 0 aliphatic heterocycles. The Hall–Kier alpha value is -3.93. The Labute approximate surface area is 380 Å². The first-order valence-electron chi connectivity index (χ1n) is 24.9. The minimum atomic E-state index is -0.819. The highest BCUT2D eigenvalue weighted by atomic mass is 16.6. The van der Waals surface area contributed by atoms with Crippen molar-refractivity contribution in [3.8, 4) is 0 Å². The van der Waals surface area contributed by atoms with Gasteiger partial charge in [0.25, 0.3) is 0 Å². The molecule has 0 spiro atoms. The maximum absolute atomic E-state index is 12.8. The lowest BCUT2D eigenvalue weighted by Crippen LogP contribution is -2.30. The van der Waals surface area contributed by atoms with Crippen LogP contribution in [0.3, 0.4) is 0 Å². The van der Waals surface area contributed by atoms with Crippen molar-refractivity contribution in [1.29, 1.82) is 0 Å². The summed E-state index contributed by atoms with van der Waals surface area (Å²) in [7, 11) is 0. The van der Waals surface area contributed by atoms with E-state index >= 15 is 0 Å². The Bertz CT molecular complexity index is 1310. The van der Waals surface area contributed by atoms with E-state index < -0.39 is 6.10 Å². The molecular formula is C56H90O6. The lowest BCUT2D eigenvalue weighted by molar-refractivity contribution is -0.167. The smallest absolute Gasteiger partial charge is 0.306 e. The monoisotopic (exact) mass is 859 g/mol. The second kappa shape index (κ2) is 49.7. The van der Waals surface area contributed by atoms with Gasteiger partial charge in [-0.1, -0.05) is 182 Å². The molecule has 0 aromatic heterocycles. The van der Waals surface area contributed by atoms with Crippen molar-refractivity contribution < 1.29 is 28.6 Å². The van der Waals surface area contributed by atoms with E-state index in [2.05, 4.69) is 130 Å². The van der Waals surface area contributed by atoms with Crippen molar-refractivity contribution in [3.05, 3.63) is 109 Å². The van der Waals surface area contributed by atoms with Crippen LogP contribution >= 0.6 is 0 Å². The average molecular weight is 859 g/mol. The molecule has 62 heavy (non-hydrogen) atoms. The zero-order valence-electron chi connectivity index (χ0n) is 39.8. The maximum Gasteiger partial charge on any atom is 0.306 e. The second-order valence-corrected chi connectivity index (χ2v) is 16.0. The zero-order valence-corrected chi connectivity index (χ0v) is 39.8. The maximum atomic E-state index is 12.8. The molecule has 6 nitrogen and oxygen atoms in total. The predicted octanol–water partition coefficient (Wildman–Crippen LogP) is 16.4. The third kappa shape index (κ3) is 47.1. The highest BCUT2D eigenvalue weighted by molar-refractivity contribution is 5.71. The van der Waals surface area contributed by atoms with Gasteiger partial charge in [-0.25, -0.2) is 0 Å². The van der Waals surface area contributed by atoms with E-state index in [1.807, 2.05) is 0 Å². The quantitative estimate of drug-likeness (QED) is 0.0263. The van der Waals surface area contributed by atoms with Crippen LogP contribution in [-0.2, 0) is 28.6 Å². The van der Waals surface area contributed by atoms with E-state index in [9.17, 15) is 14.4 Å². The summed E-state index contributed by atoms with van der Waals surface area (Å²) in [6.45, 7) is 6.30. The van der Waals surface area contributed by atoms with Gasteiger partial charge in [0.1, 0.15) is 13.2 Å². The molecule has 0 rings (SSSR count). The largest absolute Gasteiger partial charge is 0.462 e. The lowest BCUT2D eigenvalue weighted by Gasteiger charge is -2.18. The Morgan fingerprint density at radius 2 is 0.645 bits per heavy atom. The minimum Gasteiger partial charge on any atom is -0.462 e. The van der Waals surface area contributed by atoms with E-state index in [1.54, 1.807) is 0 Å². The molecule has 350 valence electrons. The normalized spacial score (nSPS) is 13.0. The number of carbonyl (C=O) groups is 3. The van der Waals surface area contributed by atoms with Crippen LogP contribution in [0.1, 0.15) is 207 Å². The van der Waals surface area contributed by atoms with Crippen molar-refractivity contribution in [2.45, 2.75) is 213 Å². The van der Waals surface area contributed by atoms with Crippen LogP contribution in [0, 0.1) is 0 Å². The van der Waals surface area contributed by atoms with E-state index in [0.29, 0.717) is 12.8 Å². The molecule has 0 aliphatic rings. The minimum absolute atomic E-state index is 0.115. The number of rotatable bonds is 43. The fourth-order valence-electron chi connectivity index (χ4n) is 6.31. The Morgan fingerprint density at radius 3 is 1.08 bits per heavy atom. The summed E-state index contributed by atoms with van der Waals surface area (Å²) < 4.78 is 16.7. The molecule has 1 unspecified atom stereocenters. The summed E-state index contributed by atoms with van der Waals surface area (Å²) in [6.07, 6.45) is 66.5. The standard InChI is InChI=1S/C56H90O6/c1-4-7-10-13-16-19-22-25-27-28-29-32-34-37-40-43-46-49-55(58)61-52-53(51-60-54(57)48-45-42-39-36-33-30-24-21-18-15-12-9-6-3)62-56(59)50-47-44-41-38-35-31-26-23-20-17-14-11-8-5-2/h7-8,10-11,16-17,19-20,25-27,29-33,37,40,53H,4-6,9,12-15,18,21-24,28,34-36,38-39,41-52H2,1-3H3/b10-7-,11-8-,19-16-,20-17-,27-25-,31-26-,32-29-,33-30-,40-37-. The molecule has 6 heteroatoms. The molecule has 0 amide bonds. The van der Waals surface area contributed by atoms with Crippen LogP contribution in [0.25, 0.3) is 0 Å². The highest BCUT2D eigenvalue weighted by Gasteiger charge is 2.19. The van der Waals surface area contributed by atoms with E-state index in [0.717, 1.165) is 122 Å². The molecule has 0 radical (unpaired) electrons. The second-order valence-electron chi connectivity index (χ2n) is 16.0. The molecule has 0 saturated heterocycles. The molecular weight excluding hydrogens is 769 g/mol. The molecule has 1 atom stereocenters. The summed E-state index contributed by atoms with van der Waals surface area (Å²) in [4.78, 5) is 37.9. The van der Waals surface area contributed by atoms with Crippen molar-refractivity contribution in [2.75, 3.05) is 13.2 Å². The molecule has 0 N–H and O–H groups in total. The third-order valence-corrected chi connectivity index (χ3v) is 9.99. The Balaban J connectivity index is 4.55. The number of esters is 3. The zero-order chi connectivity index (χ0) is 45.1. The molecule has 0 aliphatic carbocycles. The number of unbranched alkanes of at least 4 members (excludes halogenated alkanes) is 14. The van der Waals surface area contributed by atoms with Crippen molar-refractivity contribution in [3.63, 3.8) is 0 Å². The number of carbonyl (C=O) groups excluding carboxylic acids is 3. The number of hydrogen-bond acceptors (Lipinski definition) is 6. The summed E-state index contributed by atoms with van der Waals surface area (Å²) in [5.74, 6) is -1.02. The summed E-state index contributed by atoms with van der Waals surface area (Å²) in [5, 5.41) is 0. The first kappa shape index (κ1) is 58.1. The van der Waals surface area contributed by atoms with Gasteiger partial charge in [-0.05, 0) is 116 Å². The van der Waals surface area contributed by atoms with Gasteiger partial charge in [0.15, 0.2) is 6.10 Å². The fraction of sp³-hybridized carbons (Fsp3) is 0.625. The van der Waals surface area contributed by atoms with Gasteiger partial charge in [-0.2, -0.15) is 0 Å². The average Bonchev–Trinajstić information content (AvgIpc) is 3.27. The van der Waals surface area contributed by atoms with Crippen molar-refractivity contribution in [1.82, 2.24) is 0 Å². The Morgan fingerprint density at radius 1 is 0.339 bits per heavy atom.